The molecule has 19 heavy (non-hydrogen) atoms. The molecular weight excluding hydrogens is 255 g/mol. The molecule has 0 unspecified atom stereocenters. The van der Waals surface area contributed by atoms with Crippen LogP contribution >= 0.6 is 0 Å². The summed E-state index contributed by atoms with van der Waals surface area (Å²) in [5.74, 6) is -3.79. The minimum Gasteiger partial charge on any atom is -0.477 e. The van der Waals surface area contributed by atoms with E-state index in [9.17, 15) is 14.0 Å². The molecule has 0 aliphatic carbocycles. The Morgan fingerprint density at radius 2 is 1.95 bits per heavy atom. The standard InChI is InChI=1S/C12H7FN2O4/c13-7-3-1-2-4-9(7)19-12(18)10-14-6-5-8(15-10)11(16)17/h1-6H,(H,16,17). The van der Waals surface area contributed by atoms with Gasteiger partial charge in [-0.15, -0.1) is 0 Å². The molecule has 7 heteroatoms. The highest BCUT2D eigenvalue weighted by molar-refractivity contribution is 5.90. The molecule has 6 nitrogen and oxygen atoms in total. The summed E-state index contributed by atoms with van der Waals surface area (Å²) in [7, 11) is 0. The maximum absolute atomic E-state index is 13.3. The summed E-state index contributed by atoms with van der Waals surface area (Å²) in [4.78, 5) is 29.4. The molecule has 0 bridgehead atoms. The topological polar surface area (TPSA) is 89.4 Å². The van der Waals surface area contributed by atoms with Gasteiger partial charge in [-0.25, -0.2) is 23.9 Å². The van der Waals surface area contributed by atoms with Gasteiger partial charge in [0.05, 0.1) is 0 Å². The molecule has 0 saturated carbocycles. The van der Waals surface area contributed by atoms with Gasteiger partial charge < -0.3 is 9.84 Å². The largest absolute Gasteiger partial charge is 0.477 e. The number of esters is 1. The van der Waals surface area contributed by atoms with E-state index in [4.69, 9.17) is 9.84 Å². The first-order valence-electron chi connectivity index (χ1n) is 5.11. The molecule has 1 heterocycles. The van der Waals surface area contributed by atoms with Crippen LogP contribution in [0.5, 0.6) is 5.75 Å². The summed E-state index contributed by atoms with van der Waals surface area (Å²) >= 11 is 0. The molecule has 1 aromatic carbocycles. The minimum absolute atomic E-state index is 0.281. The van der Waals surface area contributed by atoms with Crippen molar-refractivity contribution in [1.82, 2.24) is 9.97 Å². The second-order valence-electron chi connectivity index (χ2n) is 3.39. The van der Waals surface area contributed by atoms with E-state index in [2.05, 4.69) is 9.97 Å². The molecule has 2 aromatic rings. The van der Waals surface area contributed by atoms with Gasteiger partial charge in [0.1, 0.15) is 0 Å². The fourth-order valence-corrected chi connectivity index (χ4v) is 1.25. The van der Waals surface area contributed by atoms with Crippen LogP contribution in [0.1, 0.15) is 21.1 Å². The van der Waals surface area contributed by atoms with Crippen LogP contribution < -0.4 is 4.74 Å². The smallest absolute Gasteiger partial charge is 0.381 e. The van der Waals surface area contributed by atoms with Crippen molar-refractivity contribution in [3.63, 3.8) is 0 Å². The summed E-state index contributed by atoms with van der Waals surface area (Å²) in [5, 5.41) is 8.72. The third-order valence-electron chi connectivity index (χ3n) is 2.10. The van der Waals surface area contributed by atoms with Crippen molar-refractivity contribution in [3.05, 3.63) is 53.9 Å². The van der Waals surface area contributed by atoms with Gasteiger partial charge in [0.2, 0.25) is 5.82 Å². The fourth-order valence-electron chi connectivity index (χ4n) is 1.25. The molecule has 0 radical (unpaired) electrons. The number of carbonyl (C=O) groups excluding carboxylic acids is 1. The van der Waals surface area contributed by atoms with E-state index in [0.29, 0.717) is 0 Å². The van der Waals surface area contributed by atoms with Crippen molar-refractivity contribution in [2.24, 2.45) is 0 Å². The number of carbonyl (C=O) groups is 2. The molecular formula is C12H7FN2O4. The first-order chi connectivity index (χ1) is 9.08. The van der Waals surface area contributed by atoms with Crippen LogP contribution in [0.4, 0.5) is 4.39 Å². The number of hydrogen-bond donors (Lipinski definition) is 1. The maximum Gasteiger partial charge on any atom is 0.381 e. The quantitative estimate of drug-likeness (QED) is 0.666. The molecule has 0 fully saturated rings. The highest BCUT2D eigenvalue weighted by Gasteiger charge is 2.16. The summed E-state index contributed by atoms with van der Waals surface area (Å²) in [6.07, 6.45) is 1.11. The number of aromatic nitrogens is 2. The third kappa shape index (κ3) is 2.89. The van der Waals surface area contributed by atoms with E-state index < -0.39 is 23.6 Å². The van der Waals surface area contributed by atoms with E-state index in [1.165, 1.54) is 18.2 Å². The zero-order chi connectivity index (χ0) is 13.8. The Balaban J connectivity index is 2.23. The van der Waals surface area contributed by atoms with E-state index in [1.54, 1.807) is 0 Å². The van der Waals surface area contributed by atoms with Crippen molar-refractivity contribution in [3.8, 4) is 5.75 Å². The van der Waals surface area contributed by atoms with Crippen LogP contribution in [0.15, 0.2) is 36.5 Å². The predicted octanol–water partition coefficient (Wildman–Crippen LogP) is 1.53. The number of ether oxygens (including phenoxy) is 1. The number of aromatic carboxylic acids is 1. The SMILES string of the molecule is O=C(O)c1ccnc(C(=O)Oc2ccccc2F)n1. The number of carboxylic acids is 1. The number of benzene rings is 1. The highest BCUT2D eigenvalue weighted by Crippen LogP contribution is 2.16. The van der Waals surface area contributed by atoms with Crippen LogP contribution in [-0.2, 0) is 0 Å². The van der Waals surface area contributed by atoms with Gasteiger partial charge in [-0.1, -0.05) is 12.1 Å². The van der Waals surface area contributed by atoms with Gasteiger partial charge in [-0.05, 0) is 18.2 Å². The molecule has 1 N–H and O–H groups in total. The Morgan fingerprint density at radius 3 is 2.63 bits per heavy atom. The first-order valence-corrected chi connectivity index (χ1v) is 5.11. The average Bonchev–Trinajstić information content (AvgIpc) is 2.41. The summed E-state index contributed by atoms with van der Waals surface area (Å²) in [5.41, 5.74) is -0.351. The van der Waals surface area contributed by atoms with Crippen molar-refractivity contribution in [2.75, 3.05) is 0 Å². The number of para-hydroxylation sites is 1. The normalized spacial score (nSPS) is 9.95. The van der Waals surface area contributed by atoms with Crippen LogP contribution in [0.3, 0.4) is 0 Å². The number of carboxylic acid groups (broad SMARTS) is 1. The maximum atomic E-state index is 13.3. The van der Waals surface area contributed by atoms with Gasteiger partial charge in [0.25, 0.3) is 0 Å². The zero-order valence-electron chi connectivity index (χ0n) is 9.41. The van der Waals surface area contributed by atoms with Crippen LogP contribution in [0, 0.1) is 5.82 Å². The molecule has 0 aliphatic heterocycles. The summed E-state index contributed by atoms with van der Waals surface area (Å²) in [6, 6.07) is 6.43. The Hall–Kier alpha value is -2.83. The number of halogens is 1. The molecule has 1 aromatic heterocycles. The molecule has 0 spiro atoms. The van der Waals surface area contributed by atoms with E-state index >= 15 is 0 Å². The Kier molecular flexibility index (Phi) is 3.46. The molecule has 0 saturated heterocycles. The Bertz CT molecular complexity index is 645. The summed E-state index contributed by atoms with van der Waals surface area (Å²) in [6.45, 7) is 0. The Labute approximate surface area is 106 Å². The second-order valence-corrected chi connectivity index (χ2v) is 3.39. The fraction of sp³-hybridized carbons (Fsp3) is 0. The molecule has 0 atom stereocenters. The first kappa shape index (κ1) is 12.6. The monoisotopic (exact) mass is 262 g/mol. The average molecular weight is 262 g/mol. The van der Waals surface area contributed by atoms with Crippen molar-refractivity contribution in [1.29, 1.82) is 0 Å². The lowest BCUT2D eigenvalue weighted by molar-refractivity contribution is 0.0688. The van der Waals surface area contributed by atoms with Gasteiger partial charge >= 0.3 is 11.9 Å². The number of rotatable bonds is 3. The van der Waals surface area contributed by atoms with Crippen LogP contribution in [0.25, 0.3) is 0 Å². The lowest BCUT2D eigenvalue weighted by Crippen LogP contribution is -2.15. The molecule has 0 aliphatic rings. The van der Waals surface area contributed by atoms with Crippen molar-refractivity contribution >= 4 is 11.9 Å². The van der Waals surface area contributed by atoms with Crippen molar-refractivity contribution < 1.29 is 23.8 Å². The molecule has 0 amide bonds. The number of nitrogens with zero attached hydrogens (tertiary/aromatic N) is 2. The highest BCUT2D eigenvalue weighted by atomic mass is 19.1. The minimum atomic E-state index is -1.30. The molecule has 96 valence electrons. The van der Waals surface area contributed by atoms with E-state index in [0.717, 1.165) is 18.3 Å². The van der Waals surface area contributed by atoms with E-state index in [1.807, 2.05) is 0 Å². The van der Waals surface area contributed by atoms with Crippen LogP contribution in [-0.4, -0.2) is 27.0 Å². The lowest BCUT2D eigenvalue weighted by Gasteiger charge is -2.04. The van der Waals surface area contributed by atoms with Crippen molar-refractivity contribution in [2.45, 2.75) is 0 Å². The third-order valence-corrected chi connectivity index (χ3v) is 2.10. The van der Waals surface area contributed by atoms with Crippen LogP contribution in [0.2, 0.25) is 0 Å². The summed E-state index contributed by atoms with van der Waals surface area (Å²) < 4.78 is 18.0. The molecule has 2 rings (SSSR count). The van der Waals surface area contributed by atoms with Gasteiger partial charge in [-0.2, -0.15) is 0 Å². The van der Waals surface area contributed by atoms with Gasteiger partial charge in [-0.3, -0.25) is 0 Å². The predicted molar refractivity (Wildman–Crippen MR) is 60.3 cm³/mol. The van der Waals surface area contributed by atoms with Gasteiger partial charge in [0, 0.05) is 6.20 Å². The Morgan fingerprint density at radius 1 is 1.21 bits per heavy atom. The lowest BCUT2D eigenvalue weighted by atomic mass is 10.3. The number of hydrogen-bond acceptors (Lipinski definition) is 5. The van der Waals surface area contributed by atoms with Gasteiger partial charge in [0.15, 0.2) is 17.3 Å². The second kappa shape index (κ2) is 5.21. The van der Waals surface area contributed by atoms with E-state index in [-0.39, 0.29) is 11.4 Å². The zero-order valence-corrected chi connectivity index (χ0v) is 9.41.